The van der Waals surface area contributed by atoms with Gasteiger partial charge in [-0.2, -0.15) is 26.3 Å². The van der Waals surface area contributed by atoms with Crippen molar-refractivity contribution in [3.05, 3.63) is 70.8 Å². The molecule has 10 heteroatoms. The molecule has 0 bridgehead atoms. The zero-order chi connectivity index (χ0) is 20.6. The third-order valence-corrected chi connectivity index (χ3v) is 4.86. The van der Waals surface area contributed by atoms with E-state index in [4.69, 9.17) is 0 Å². The smallest absolute Gasteiger partial charge is 0.281 e. The lowest BCUT2D eigenvalue weighted by molar-refractivity contribution is -0.288. The predicted molar refractivity (Wildman–Crippen MR) is 92.3 cm³/mol. The van der Waals surface area contributed by atoms with Crippen LogP contribution in [0.2, 0.25) is 0 Å². The molecule has 0 aliphatic heterocycles. The van der Waals surface area contributed by atoms with E-state index in [2.05, 4.69) is 31.9 Å². The Labute approximate surface area is 165 Å². The van der Waals surface area contributed by atoms with Gasteiger partial charge in [0.05, 0.1) is 0 Å². The lowest BCUT2D eigenvalue weighted by Gasteiger charge is -2.38. The number of benzene rings is 2. The first-order valence-electron chi connectivity index (χ1n) is 7.06. The zero-order valence-electron chi connectivity index (χ0n) is 13.0. The summed E-state index contributed by atoms with van der Waals surface area (Å²) in [6, 6.07) is 5.92. The molecule has 0 N–H and O–H groups in total. The lowest BCUT2D eigenvalue weighted by atomic mass is 9.72. The fraction of sp³-hybridized carbons (Fsp3) is 0.176. The summed E-state index contributed by atoms with van der Waals surface area (Å²) >= 11 is 5.17. The average Bonchev–Trinajstić information content (AvgIpc) is 2.53. The Bertz CT molecular complexity index is 781. The van der Waals surface area contributed by atoms with Gasteiger partial charge in [0.25, 0.3) is 0 Å². The van der Waals surface area contributed by atoms with Crippen LogP contribution in [0.15, 0.2) is 48.5 Å². The average molecular weight is 518 g/mol. The topological polar surface area (TPSA) is 34.1 Å². The Kier molecular flexibility index (Phi) is 5.91. The van der Waals surface area contributed by atoms with E-state index in [0.29, 0.717) is 24.3 Å². The minimum absolute atomic E-state index is 0.0998. The minimum atomic E-state index is -5.74. The fourth-order valence-electron chi connectivity index (χ4n) is 2.68. The van der Waals surface area contributed by atoms with E-state index in [1.165, 1.54) is 0 Å². The maximum absolute atomic E-state index is 13.9. The van der Waals surface area contributed by atoms with Gasteiger partial charge in [0.15, 0.2) is 0 Å². The highest BCUT2D eigenvalue weighted by molar-refractivity contribution is 9.18. The van der Waals surface area contributed by atoms with Crippen LogP contribution in [-0.2, 0) is 5.41 Å². The Morgan fingerprint density at radius 2 is 0.852 bits per heavy atom. The van der Waals surface area contributed by atoms with Crippen molar-refractivity contribution in [2.75, 3.05) is 0 Å². The number of hydrogen-bond donors (Lipinski definition) is 0. The van der Waals surface area contributed by atoms with Crippen molar-refractivity contribution >= 4 is 41.2 Å². The van der Waals surface area contributed by atoms with E-state index in [0.717, 1.165) is 24.3 Å². The molecule has 0 unspecified atom stereocenters. The molecule has 0 amide bonds. The standard InChI is InChI=1S/C17H8Br2F6O2/c18-13(26)9-1-5-11(6-2-9)15(16(20,21)22,17(23,24)25)12-7-3-10(4-8-12)14(19)27/h1-8H. The largest absolute Gasteiger partial charge is 0.411 e. The van der Waals surface area contributed by atoms with Gasteiger partial charge in [-0.15, -0.1) is 0 Å². The maximum Gasteiger partial charge on any atom is 0.411 e. The normalized spacial score (nSPS) is 12.7. The van der Waals surface area contributed by atoms with Crippen LogP contribution in [0.4, 0.5) is 26.3 Å². The van der Waals surface area contributed by atoms with E-state index in [1.54, 1.807) is 0 Å². The molecule has 2 nitrogen and oxygen atoms in total. The first kappa shape index (κ1) is 21.6. The van der Waals surface area contributed by atoms with Gasteiger partial charge in [0, 0.05) is 11.1 Å². The van der Waals surface area contributed by atoms with Gasteiger partial charge in [-0.3, -0.25) is 9.59 Å². The summed E-state index contributed by atoms with van der Waals surface area (Å²) in [7, 11) is 0. The second-order valence-corrected chi connectivity index (χ2v) is 6.89. The number of alkyl halides is 6. The lowest BCUT2D eigenvalue weighted by Crippen LogP contribution is -2.54. The molecule has 2 aromatic carbocycles. The van der Waals surface area contributed by atoms with Gasteiger partial charge in [-0.05, 0) is 43.0 Å². The Morgan fingerprint density at radius 3 is 1.04 bits per heavy atom. The quantitative estimate of drug-likeness (QED) is 0.359. The van der Waals surface area contributed by atoms with E-state index in [1.807, 2.05) is 0 Å². The van der Waals surface area contributed by atoms with Crippen LogP contribution >= 0.6 is 31.9 Å². The van der Waals surface area contributed by atoms with Crippen LogP contribution in [0.25, 0.3) is 0 Å². The van der Waals surface area contributed by atoms with Crippen LogP contribution in [0.3, 0.4) is 0 Å². The third-order valence-electron chi connectivity index (χ3n) is 3.94. The Hall–Kier alpha value is -1.68. The van der Waals surface area contributed by atoms with Crippen LogP contribution in [0.5, 0.6) is 0 Å². The van der Waals surface area contributed by atoms with Crippen LogP contribution in [0, 0.1) is 0 Å². The van der Waals surface area contributed by atoms with E-state index >= 15 is 0 Å². The predicted octanol–water partition coefficient (Wildman–Crippen LogP) is 6.17. The first-order valence-corrected chi connectivity index (χ1v) is 8.65. The van der Waals surface area contributed by atoms with Crippen LogP contribution < -0.4 is 0 Å². The van der Waals surface area contributed by atoms with Crippen molar-refractivity contribution in [1.29, 1.82) is 0 Å². The fourth-order valence-corrected chi connectivity index (χ4v) is 3.21. The van der Waals surface area contributed by atoms with Crippen LogP contribution in [-0.4, -0.2) is 21.7 Å². The summed E-state index contributed by atoms with van der Waals surface area (Å²) in [5, 5.41) is 0. The number of halogens is 8. The molecule has 0 fully saturated rings. The zero-order valence-corrected chi connectivity index (χ0v) is 16.1. The molecule has 0 spiro atoms. The molecular weight excluding hydrogens is 510 g/mol. The van der Waals surface area contributed by atoms with Crippen molar-refractivity contribution in [2.24, 2.45) is 0 Å². The van der Waals surface area contributed by atoms with E-state index in [-0.39, 0.29) is 11.1 Å². The van der Waals surface area contributed by atoms with Crippen molar-refractivity contribution in [3.63, 3.8) is 0 Å². The van der Waals surface area contributed by atoms with Gasteiger partial charge >= 0.3 is 12.4 Å². The van der Waals surface area contributed by atoms with Crippen LogP contribution in [0.1, 0.15) is 31.8 Å². The van der Waals surface area contributed by atoms with Gasteiger partial charge in [0.1, 0.15) is 0 Å². The summed E-state index contributed by atoms with van der Waals surface area (Å²) in [6.07, 6.45) is -11.5. The SMILES string of the molecule is O=C(Br)c1ccc(C(c2ccc(C(=O)Br)cc2)(C(F)(F)F)C(F)(F)F)cc1. The molecule has 27 heavy (non-hydrogen) atoms. The molecule has 0 heterocycles. The minimum Gasteiger partial charge on any atom is -0.281 e. The highest BCUT2D eigenvalue weighted by atomic mass is 79.9. The second kappa shape index (κ2) is 7.38. The molecular formula is C17H8Br2F6O2. The van der Waals surface area contributed by atoms with Crippen molar-refractivity contribution in [3.8, 4) is 0 Å². The van der Waals surface area contributed by atoms with Gasteiger partial charge in [-0.25, -0.2) is 0 Å². The molecule has 2 aromatic rings. The summed E-state index contributed by atoms with van der Waals surface area (Å²) in [5.41, 5.74) is -6.73. The van der Waals surface area contributed by atoms with Crippen molar-refractivity contribution < 1.29 is 35.9 Å². The highest BCUT2D eigenvalue weighted by Crippen LogP contribution is 2.56. The molecule has 0 saturated carbocycles. The summed E-state index contributed by atoms with van der Waals surface area (Å²) in [5.74, 6) is 0. The molecule has 0 aliphatic rings. The molecule has 0 aromatic heterocycles. The highest BCUT2D eigenvalue weighted by Gasteiger charge is 2.72. The number of rotatable bonds is 4. The Balaban J connectivity index is 2.82. The Morgan fingerprint density at radius 1 is 0.593 bits per heavy atom. The monoisotopic (exact) mass is 516 g/mol. The van der Waals surface area contributed by atoms with Gasteiger partial charge < -0.3 is 0 Å². The molecule has 2 rings (SSSR count). The van der Waals surface area contributed by atoms with E-state index < -0.39 is 38.3 Å². The number of hydrogen-bond acceptors (Lipinski definition) is 2. The first-order chi connectivity index (χ1) is 12.3. The molecule has 0 saturated heterocycles. The summed E-state index contributed by atoms with van der Waals surface area (Å²) in [6.45, 7) is 0. The van der Waals surface area contributed by atoms with Gasteiger partial charge in [-0.1, -0.05) is 48.5 Å². The van der Waals surface area contributed by atoms with E-state index in [9.17, 15) is 35.9 Å². The number of carbonyl (C=O) groups is 2. The molecule has 0 aliphatic carbocycles. The second-order valence-electron chi connectivity index (χ2n) is 5.45. The third kappa shape index (κ3) is 3.82. The van der Waals surface area contributed by atoms with Gasteiger partial charge in [0.2, 0.25) is 14.8 Å². The number of carbonyl (C=O) groups excluding carboxylic acids is 2. The van der Waals surface area contributed by atoms with Crippen molar-refractivity contribution in [2.45, 2.75) is 17.8 Å². The summed E-state index contributed by atoms with van der Waals surface area (Å²) < 4.78 is 82.0. The molecule has 0 atom stereocenters. The summed E-state index contributed by atoms with van der Waals surface area (Å²) in [4.78, 5) is 22.4. The molecule has 0 radical (unpaired) electrons. The maximum atomic E-state index is 13.9. The molecule has 144 valence electrons. The van der Waals surface area contributed by atoms with Crippen molar-refractivity contribution in [1.82, 2.24) is 0 Å².